The van der Waals surface area contributed by atoms with Crippen molar-refractivity contribution in [3.63, 3.8) is 0 Å². The third-order valence-corrected chi connectivity index (χ3v) is 6.05. The van der Waals surface area contributed by atoms with Gasteiger partial charge in [0.2, 0.25) is 5.91 Å². The highest BCUT2D eigenvalue weighted by Gasteiger charge is 2.26. The molecule has 0 radical (unpaired) electrons. The van der Waals surface area contributed by atoms with E-state index < -0.39 is 5.91 Å². The van der Waals surface area contributed by atoms with Gasteiger partial charge in [0.1, 0.15) is 5.00 Å². The molecule has 2 aromatic heterocycles. The molecule has 3 rings (SSSR count). The Morgan fingerprint density at radius 1 is 1.04 bits per heavy atom. The fourth-order valence-electron chi connectivity index (χ4n) is 2.85. The normalized spacial score (nSPS) is 13.5. The van der Waals surface area contributed by atoms with Crippen LogP contribution >= 0.6 is 22.7 Å². The molecule has 0 fully saturated rings. The van der Waals surface area contributed by atoms with E-state index in [1.807, 2.05) is 11.4 Å². The van der Waals surface area contributed by atoms with Gasteiger partial charge in [-0.2, -0.15) is 0 Å². The average molecular weight is 377 g/mol. The van der Waals surface area contributed by atoms with Gasteiger partial charge in [0, 0.05) is 11.8 Å². The first-order valence-electron chi connectivity index (χ1n) is 8.12. The second-order valence-corrected chi connectivity index (χ2v) is 7.89. The SMILES string of the molecule is CC(=O)NNC(=O)c1c(NC(=O)c2cccs2)sc2c1CCCCC2. The molecule has 3 amide bonds. The highest BCUT2D eigenvalue weighted by Crippen LogP contribution is 2.37. The van der Waals surface area contributed by atoms with Crippen molar-refractivity contribution in [3.8, 4) is 0 Å². The Balaban J connectivity index is 1.91. The fraction of sp³-hybridized carbons (Fsp3) is 0.353. The van der Waals surface area contributed by atoms with Crippen LogP contribution in [0.2, 0.25) is 0 Å². The molecule has 0 aliphatic heterocycles. The summed E-state index contributed by atoms with van der Waals surface area (Å²) < 4.78 is 0. The van der Waals surface area contributed by atoms with Crippen LogP contribution in [0, 0.1) is 0 Å². The van der Waals surface area contributed by atoms with Crippen LogP contribution in [-0.4, -0.2) is 17.7 Å². The maximum absolute atomic E-state index is 12.6. The molecule has 8 heteroatoms. The van der Waals surface area contributed by atoms with Gasteiger partial charge in [-0.05, 0) is 42.7 Å². The van der Waals surface area contributed by atoms with Gasteiger partial charge in [-0.15, -0.1) is 22.7 Å². The van der Waals surface area contributed by atoms with E-state index in [4.69, 9.17) is 0 Å². The first-order valence-corrected chi connectivity index (χ1v) is 9.82. The zero-order chi connectivity index (χ0) is 17.8. The number of nitrogens with one attached hydrogen (secondary N) is 3. The minimum Gasteiger partial charge on any atom is -0.312 e. The van der Waals surface area contributed by atoms with Gasteiger partial charge in [-0.1, -0.05) is 12.5 Å². The lowest BCUT2D eigenvalue weighted by Crippen LogP contribution is -2.40. The minimum atomic E-state index is -0.393. The Bertz CT molecular complexity index is 796. The van der Waals surface area contributed by atoms with Gasteiger partial charge in [-0.3, -0.25) is 25.2 Å². The topological polar surface area (TPSA) is 87.3 Å². The molecule has 1 aliphatic carbocycles. The molecule has 0 atom stereocenters. The molecular formula is C17H19N3O3S2. The quantitative estimate of drug-likeness (QED) is 0.567. The summed E-state index contributed by atoms with van der Waals surface area (Å²) in [7, 11) is 0. The maximum Gasteiger partial charge on any atom is 0.272 e. The van der Waals surface area contributed by atoms with Crippen molar-refractivity contribution in [2.24, 2.45) is 0 Å². The summed E-state index contributed by atoms with van der Waals surface area (Å²) in [5, 5.41) is 5.26. The second-order valence-electron chi connectivity index (χ2n) is 5.84. The monoisotopic (exact) mass is 377 g/mol. The molecule has 0 bridgehead atoms. The zero-order valence-electron chi connectivity index (χ0n) is 13.8. The summed E-state index contributed by atoms with van der Waals surface area (Å²) >= 11 is 2.81. The van der Waals surface area contributed by atoms with Crippen molar-refractivity contribution >= 4 is 45.4 Å². The van der Waals surface area contributed by atoms with Crippen molar-refractivity contribution in [1.82, 2.24) is 10.9 Å². The van der Waals surface area contributed by atoms with Crippen molar-refractivity contribution in [2.45, 2.75) is 39.0 Å². The van der Waals surface area contributed by atoms with E-state index in [-0.39, 0.29) is 11.8 Å². The lowest BCUT2D eigenvalue weighted by molar-refractivity contribution is -0.119. The molecule has 0 unspecified atom stereocenters. The van der Waals surface area contributed by atoms with Crippen molar-refractivity contribution in [1.29, 1.82) is 0 Å². The van der Waals surface area contributed by atoms with Crippen LogP contribution in [0.1, 0.15) is 56.7 Å². The van der Waals surface area contributed by atoms with E-state index in [0.29, 0.717) is 15.4 Å². The Kier molecular flexibility index (Phi) is 5.50. The largest absolute Gasteiger partial charge is 0.312 e. The number of aryl methyl sites for hydroxylation is 1. The molecule has 1 aliphatic rings. The molecule has 0 saturated carbocycles. The molecule has 6 nitrogen and oxygen atoms in total. The van der Waals surface area contributed by atoms with Crippen LogP contribution in [-0.2, 0) is 17.6 Å². The molecule has 132 valence electrons. The van der Waals surface area contributed by atoms with Crippen LogP contribution in [0.15, 0.2) is 17.5 Å². The molecule has 2 aromatic rings. The number of thiophene rings is 2. The van der Waals surface area contributed by atoms with E-state index in [1.165, 1.54) is 29.6 Å². The molecule has 0 spiro atoms. The van der Waals surface area contributed by atoms with Gasteiger partial charge >= 0.3 is 0 Å². The van der Waals surface area contributed by atoms with Crippen molar-refractivity contribution in [2.75, 3.05) is 5.32 Å². The number of carbonyl (C=O) groups is 3. The number of fused-ring (bicyclic) bond motifs is 1. The van der Waals surface area contributed by atoms with E-state index in [9.17, 15) is 14.4 Å². The summed E-state index contributed by atoms with van der Waals surface area (Å²) in [6.07, 6.45) is 4.95. The fourth-order valence-corrected chi connectivity index (χ4v) is 4.75. The Morgan fingerprint density at radius 3 is 2.56 bits per heavy atom. The first kappa shape index (κ1) is 17.6. The van der Waals surface area contributed by atoms with Gasteiger partial charge in [0.15, 0.2) is 0 Å². The number of carbonyl (C=O) groups excluding carboxylic acids is 3. The van der Waals surface area contributed by atoms with Gasteiger partial charge < -0.3 is 5.32 Å². The van der Waals surface area contributed by atoms with Crippen LogP contribution in [0.5, 0.6) is 0 Å². The highest BCUT2D eigenvalue weighted by molar-refractivity contribution is 7.17. The number of amides is 3. The third-order valence-electron chi connectivity index (χ3n) is 3.97. The summed E-state index contributed by atoms with van der Waals surface area (Å²) in [4.78, 5) is 37.8. The molecule has 3 N–H and O–H groups in total. The van der Waals surface area contributed by atoms with E-state index in [2.05, 4.69) is 16.2 Å². The molecule has 0 saturated heterocycles. The number of hydrazine groups is 1. The van der Waals surface area contributed by atoms with Crippen molar-refractivity contribution in [3.05, 3.63) is 38.4 Å². The Hall–Kier alpha value is -2.19. The van der Waals surface area contributed by atoms with E-state index in [0.717, 1.165) is 42.5 Å². The summed E-state index contributed by atoms with van der Waals surface area (Å²) in [6.45, 7) is 1.33. The lowest BCUT2D eigenvalue weighted by Gasteiger charge is -2.09. The number of rotatable bonds is 3. The Morgan fingerprint density at radius 2 is 1.84 bits per heavy atom. The lowest BCUT2D eigenvalue weighted by atomic mass is 10.1. The molecular weight excluding hydrogens is 358 g/mol. The van der Waals surface area contributed by atoms with E-state index >= 15 is 0 Å². The van der Waals surface area contributed by atoms with Gasteiger partial charge in [-0.25, -0.2) is 0 Å². The smallest absolute Gasteiger partial charge is 0.272 e. The predicted octanol–water partition coefficient (Wildman–Crippen LogP) is 3.11. The minimum absolute atomic E-state index is 0.222. The summed E-state index contributed by atoms with van der Waals surface area (Å²) in [5.41, 5.74) is 6.21. The molecule has 0 aromatic carbocycles. The number of anilines is 1. The predicted molar refractivity (Wildman–Crippen MR) is 99.1 cm³/mol. The van der Waals surface area contributed by atoms with E-state index in [1.54, 1.807) is 6.07 Å². The average Bonchev–Trinajstić information content (AvgIpc) is 3.16. The van der Waals surface area contributed by atoms with Gasteiger partial charge in [0.25, 0.3) is 11.8 Å². The maximum atomic E-state index is 12.6. The Labute approximate surface area is 153 Å². The standard InChI is InChI=1S/C17H19N3O3S2/c1-10(21)19-20-16(23)14-11-6-3-2-4-7-12(11)25-17(14)18-15(22)13-8-5-9-24-13/h5,8-9H,2-4,6-7H2,1H3,(H,18,22)(H,19,21)(H,20,23). The summed E-state index contributed by atoms with van der Waals surface area (Å²) in [6, 6.07) is 3.56. The first-order chi connectivity index (χ1) is 12.1. The summed E-state index contributed by atoms with van der Waals surface area (Å²) in [5.74, 6) is -0.963. The molecule has 2 heterocycles. The number of hydrogen-bond donors (Lipinski definition) is 3. The van der Waals surface area contributed by atoms with Gasteiger partial charge in [0.05, 0.1) is 10.4 Å². The van der Waals surface area contributed by atoms with Crippen LogP contribution < -0.4 is 16.2 Å². The zero-order valence-corrected chi connectivity index (χ0v) is 15.4. The molecule has 25 heavy (non-hydrogen) atoms. The van der Waals surface area contributed by atoms with Crippen LogP contribution in [0.4, 0.5) is 5.00 Å². The number of hydrogen-bond acceptors (Lipinski definition) is 5. The van der Waals surface area contributed by atoms with Crippen LogP contribution in [0.25, 0.3) is 0 Å². The van der Waals surface area contributed by atoms with Crippen LogP contribution in [0.3, 0.4) is 0 Å². The second kappa shape index (κ2) is 7.79. The van der Waals surface area contributed by atoms with Crippen molar-refractivity contribution < 1.29 is 14.4 Å². The third kappa shape index (κ3) is 4.08. The highest BCUT2D eigenvalue weighted by atomic mass is 32.1.